The number of carbonyl (C=O) groups is 2. The maximum absolute atomic E-state index is 14.5. The van der Waals surface area contributed by atoms with Crippen molar-refractivity contribution < 1.29 is 23.8 Å². The summed E-state index contributed by atoms with van der Waals surface area (Å²) in [5.41, 5.74) is 1.70. The highest BCUT2D eigenvalue weighted by Crippen LogP contribution is 2.48. The van der Waals surface area contributed by atoms with Crippen molar-refractivity contribution in [1.82, 2.24) is 9.80 Å². The Morgan fingerprint density at radius 1 is 0.975 bits per heavy atom. The molecule has 40 heavy (non-hydrogen) atoms. The van der Waals surface area contributed by atoms with Gasteiger partial charge >= 0.3 is 6.09 Å². The van der Waals surface area contributed by atoms with Crippen LogP contribution in [-0.4, -0.2) is 54.2 Å². The van der Waals surface area contributed by atoms with Crippen LogP contribution in [0.3, 0.4) is 0 Å². The number of carbonyl (C=O) groups excluding carboxylic acids is 2. The van der Waals surface area contributed by atoms with Crippen molar-refractivity contribution in [2.45, 2.75) is 51.8 Å². The highest BCUT2D eigenvalue weighted by Gasteiger charge is 2.54. The summed E-state index contributed by atoms with van der Waals surface area (Å²) in [4.78, 5) is 31.2. The largest absolute Gasteiger partial charge is 0.493 e. The van der Waals surface area contributed by atoms with Crippen molar-refractivity contribution in [2.75, 3.05) is 26.8 Å². The van der Waals surface area contributed by atoms with Crippen LogP contribution in [0.25, 0.3) is 0 Å². The van der Waals surface area contributed by atoms with Gasteiger partial charge in [0.15, 0.2) is 11.5 Å². The number of cyclic esters (lactones) is 1. The zero-order chi connectivity index (χ0) is 28.5. The second-order valence-electron chi connectivity index (χ2n) is 11.9. The Labute approximate surface area is 236 Å². The van der Waals surface area contributed by atoms with E-state index in [9.17, 15) is 9.59 Å². The minimum Gasteiger partial charge on any atom is -0.493 e. The van der Waals surface area contributed by atoms with E-state index in [1.54, 1.807) is 7.11 Å². The molecule has 0 bridgehead atoms. The van der Waals surface area contributed by atoms with Crippen molar-refractivity contribution >= 4 is 12.0 Å². The molecule has 2 aliphatic rings. The van der Waals surface area contributed by atoms with Gasteiger partial charge in [-0.3, -0.25) is 9.69 Å². The second kappa shape index (κ2) is 11.0. The van der Waals surface area contributed by atoms with Gasteiger partial charge in [-0.1, -0.05) is 66.7 Å². The van der Waals surface area contributed by atoms with Crippen molar-refractivity contribution in [1.29, 1.82) is 0 Å². The van der Waals surface area contributed by atoms with Crippen molar-refractivity contribution in [3.05, 3.63) is 95.6 Å². The molecule has 0 aliphatic carbocycles. The topological polar surface area (TPSA) is 68.3 Å². The van der Waals surface area contributed by atoms with Gasteiger partial charge in [0.25, 0.3) is 0 Å². The number of nitrogens with zero attached hydrogens (tertiary/aromatic N) is 2. The standard InChI is InChI=1S/C33H38N2O5/c1-32(2,3)40-29-18-25(16-17-28(29)38-5)26-20-34(19-23-12-8-6-9-13-23)22-33(26,4)30(36)35-27(21-39-31(35)37)24-14-10-7-11-15-24/h6-18,26-27H,19-22H2,1-5H3/t26-,27-,33+/m0/s1. The molecule has 210 valence electrons. The lowest BCUT2D eigenvalue weighted by Gasteiger charge is -2.34. The first-order chi connectivity index (χ1) is 19.1. The normalized spacial score (nSPS) is 23.2. The molecule has 0 aromatic heterocycles. The molecule has 2 fully saturated rings. The molecule has 7 nitrogen and oxygen atoms in total. The number of ether oxygens (including phenoxy) is 3. The Balaban J connectivity index is 1.54. The van der Waals surface area contributed by atoms with Gasteiger partial charge in [0.1, 0.15) is 18.2 Å². The molecule has 7 heteroatoms. The lowest BCUT2D eigenvalue weighted by molar-refractivity contribution is -0.139. The Kier molecular flexibility index (Phi) is 7.60. The van der Waals surface area contributed by atoms with E-state index in [1.807, 2.05) is 94.4 Å². The summed E-state index contributed by atoms with van der Waals surface area (Å²) >= 11 is 0. The third kappa shape index (κ3) is 5.56. The zero-order valence-corrected chi connectivity index (χ0v) is 23.9. The smallest absolute Gasteiger partial charge is 0.417 e. The Hall–Kier alpha value is -3.84. The number of benzene rings is 3. The monoisotopic (exact) mass is 542 g/mol. The van der Waals surface area contributed by atoms with E-state index in [-0.39, 0.29) is 18.4 Å². The van der Waals surface area contributed by atoms with Crippen LogP contribution in [0.4, 0.5) is 4.79 Å². The molecular weight excluding hydrogens is 504 g/mol. The number of imide groups is 1. The number of hydrogen-bond donors (Lipinski definition) is 0. The van der Waals surface area contributed by atoms with Crippen LogP contribution in [0.2, 0.25) is 0 Å². The van der Waals surface area contributed by atoms with Crippen LogP contribution in [0.5, 0.6) is 11.5 Å². The van der Waals surface area contributed by atoms with E-state index in [0.717, 1.165) is 11.1 Å². The summed E-state index contributed by atoms with van der Waals surface area (Å²) in [6.07, 6.45) is -0.591. The minimum atomic E-state index is -0.890. The maximum atomic E-state index is 14.5. The molecule has 0 spiro atoms. The van der Waals surface area contributed by atoms with E-state index in [0.29, 0.717) is 31.1 Å². The first-order valence-corrected chi connectivity index (χ1v) is 13.8. The van der Waals surface area contributed by atoms with Crippen LogP contribution >= 0.6 is 0 Å². The quantitative estimate of drug-likeness (QED) is 0.354. The summed E-state index contributed by atoms with van der Waals surface area (Å²) in [5, 5.41) is 0. The molecule has 0 radical (unpaired) electrons. The van der Waals surface area contributed by atoms with Crippen LogP contribution < -0.4 is 9.47 Å². The molecule has 2 amide bonds. The van der Waals surface area contributed by atoms with Gasteiger partial charge in [0, 0.05) is 25.6 Å². The summed E-state index contributed by atoms with van der Waals surface area (Å²) in [7, 11) is 1.62. The van der Waals surface area contributed by atoms with E-state index in [4.69, 9.17) is 14.2 Å². The fourth-order valence-corrected chi connectivity index (χ4v) is 5.91. The summed E-state index contributed by atoms with van der Waals surface area (Å²) in [6.45, 7) is 9.96. The highest BCUT2D eigenvalue weighted by atomic mass is 16.6. The average molecular weight is 543 g/mol. The van der Waals surface area contributed by atoms with Crippen molar-refractivity contribution in [2.24, 2.45) is 5.41 Å². The van der Waals surface area contributed by atoms with E-state index >= 15 is 0 Å². The number of rotatable bonds is 7. The zero-order valence-electron chi connectivity index (χ0n) is 23.9. The molecule has 0 unspecified atom stereocenters. The lowest BCUT2D eigenvalue weighted by Crippen LogP contribution is -2.47. The predicted molar refractivity (Wildman–Crippen MR) is 153 cm³/mol. The molecule has 5 rings (SSSR count). The molecular formula is C33H38N2O5. The van der Waals surface area contributed by atoms with Crippen LogP contribution in [0.1, 0.15) is 56.3 Å². The van der Waals surface area contributed by atoms with Crippen LogP contribution in [0, 0.1) is 5.41 Å². The van der Waals surface area contributed by atoms with E-state index in [1.165, 1.54) is 10.5 Å². The molecule has 2 heterocycles. The SMILES string of the molecule is COc1ccc([C@@H]2CN(Cc3ccccc3)C[C@@]2(C)C(=O)N2C(=O)OC[C@H]2c2ccccc2)cc1OC(C)(C)C. The molecule has 0 N–H and O–H groups in total. The molecule has 3 aromatic rings. The van der Waals surface area contributed by atoms with Crippen LogP contribution in [-0.2, 0) is 16.1 Å². The average Bonchev–Trinajstić information content (AvgIpc) is 3.48. The lowest BCUT2D eigenvalue weighted by atomic mass is 9.74. The Bertz CT molecular complexity index is 1350. The maximum Gasteiger partial charge on any atom is 0.417 e. The molecule has 3 aromatic carbocycles. The van der Waals surface area contributed by atoms with Gasteiger partial charge < -0.3 is 14.2 Å². The van der Waals surface area contributed by atoms with Crippen LogP contribution in [0.15, 0.2) is 78.9 Å². The Morgan fingerprint density at radius 3 is 2.30 bits per heavy atom. The third-order valence-electron chi connectivity index (χ3n) is 7.78. The number of methoxy groups -OCH3 is 1. The van der Waals surface area contributed by atoms with Gasteiger partial charge in [-0.25, -0.2) is 9.69 Å². The van der Waals surface area contributed by atoms with Gasteiger partial charge in [-0.2, -0.15) is 0 Å². The fraction of sp³-hybridized carbons (Fsp3) is 0.394. The molecule has 2 aliphatic heterocycles. The second-order valence-corrected chi connectivity index (χ2v) is 11.9. The molecule has 2 saturated heterocycles. The predicted octanol–water partition coefficient (Wildman–Crippen LogP) is 6.20. The minimum absolute atomic E-state index is 0.148. The number of amides is 2. The highest BCUT2D eigenvalue weighted by molar-refractivity contribution is 5.97. The first-order valence-electron chi connectivity index (χ1n) is 13.8. The summed E-state index contributed by atoms with van der Waals surface area (Å²) in [5.74, 6) is 0.852. The van der Waals surface area contributed by atoms with Gasteiger partial charge in [-0.15, -0.1) is 0 Å². The van der Waals surface area contributed by atoms with Crippen molar-refractivity contribution in [3.63, 3.8) is 0 Å². The summed E-state index contributed by atoms with van der Waals surface area (Å²) < 4.78 is 17.3. The summed E-state index contributed by atoms with van der Waals surface area (Å²) in [6, 6.07) is 25.3. The first kappa shape index (κ1) is 27.7. The Morgan fingerprint density at radius 2 is 1.65 bits per heavy atom. The van der Waals surface area contributed by atoms with Crippen molar-refractivity contribution in [3.8, 4) is 11.5 Å². The molecule has 3 atom stereocenters. The fourth-order valence-electron chi connectivity index (χ4n) is 5.91. The number of hydrogen-bond acceptors (Lipinski definition) is 6. The van der Waals surface area contributed by atoms with E-state index < -0.39 is 23.2 Å². The van der Waals surface area contributed by atoms with Gasteiger partial charge in [-0.05, 0) is 56.5 Å². The number of likely N-dealkylation sites (tertiary alicyclic amines) is 1. The van der Waals surface area contributed by atoms with Gasteiger partial charge in [0.2, 0.25) is 5.91 Å². The third-order valence-corrected chi connectivity index (χ3v) is 7.78. The van der Waals surface area contributed by atoms with Gasteiger partial charge in [0.05, 0.1) is 12.5 Å². The van der Waals surface area contributed by atoms with E-state index in [2.05, 4.69) is 17.0 Å². The molecule has 0 saturated carbocycles.